The Labute approximate surface area is 110 Å². The van der Waals surface area contributed by atoms with Gasteiger partial charge in [0.2, 0.25) is 0 Å². The summed E-state index contributed by atoms with van der Waals surface area (Å²) in [6.07, 6.45) is 2.47. The first-order valence-corrected chi connectivity index (χ1v) is 7.07. The number of ether oxygens (including phenoxy) is 1. The highest BCUT2D eigenvalue weighted by Gasteiger charge is 2.34. The third-order valence-corrected chi connectivity index (χ3v) is 4.12. The quantitative estimate of drug-likeness (QED) is 0.761. The predicted octanol–water partition coefficient (Wildman–Crippen LogP) is 2.09. The van der Waals surface area contributed by atoms with Crippen molar-refractivity contribution < 1.29 is 14.2 Å². The molecule has 1 N–H and O–H groups in total. The number of alkyl halides is 1. The van der Waals surface area contributed by atoms with Crippen molar-refractivity contribution in [3.63, 3.8) is 0 Å². The molecule has 0 spiro atoms. The van der Waals surface area contributed by atoms with Crippen LogP contribution in [0.15, 0.2) is 0 Å². The van der Waals surface area contributed by atoms with E-state index in [1.54, 1.807) is 7.11 Å². The van der Waals surface area contributed by atoms with Crippen molar-refractivity contribution in [3.05, 3.63) is 0 Å². The molecule has 0 radical (unpaired) electrons. The summed E-state index contributed by atoms with van der Waals surface area (Å²) in [5, 5.41) is 9.87. The third-order valence-electron chi connectivity index (χ3n) is 4.12. The molecule has 0 aromatic heterocycles. The Kier molecular flexibility index (Phi) is 7.12. The Morgan fingerprint density at radius 2 is 2.06 bits per heavy atom. The predicted molar refractivity (Wildman–Crippen MR) is 71.4 cm³/mol. The van der Waals surface area contributed by atoms with Crippen LogP contribution in [0.5, 0.6) is 0 Å². The van der Waals surface area contributed by atoms with Crippen molar-refractivity contribution in [2.45, 2.75) is 45.3 Å². The maximum atomic E-state index is 12.7. The molecule has 108 valence electrons. The number of hydrogen-bond acceptors (Lipinski definition) is 3. The Morgan fingerprint density at radius 1 is 1.33 bits per heavy atom. The van der Waals surface area contributed by atoms with Gasteiger partial charge in [0.05, 0.1) is 12.7 Å². The summed E-state index contributed by atoms with van der Waals surface area (Å²) in [4.78, 5) is 2.16. The van der Waals surface area contributed by atoms with Crippen molar-refractivity contribution in [1.29, 1.82) is 0 Å². The molecule has 1 saturated carbocycles. The molecule has 0 aromatic rings. The Bertz CT molecular complexity index is 226. The van der Waals surface area contributed by atoms with Gasteiger partial charge >= 0.3 is 0 Å². The van der Waals surface area contributed by atoms with E-state index in [0.29, 0.717) is 31.0 Å². The molecule has 1 fully saturated rings. The SMILES string of the molecule is COCCN(CCF)C1CC(O)CCC1C(C)C. The first-order chi connectivity index (χ1) is 8.60. The van der Waals surface area contributed by atoms with E-state index in [4.69, 9.17) is 4.74 Å². The molecule has 18 heavy (non-hydrogen) atoms. The molecule has 0 amide bonds. The average molecular weight is 261 g/mol. The minimum absolute atomic E-state index is 0.227. The van der Waals surface area contributed by atoms with Crippen molar-refractivity contribution in [2.24, 2.45) is 11.8 Å². The van der Waals surface area contributed by atoms with E-state index in [2.05, 4.69) is 18.7 Å². The molecule has 3 atom stereocenters. The summed E-state index contributed by atoms with van der Waals surface area (Å²) < 4.78 is 17.8. The summed E-state index contributed by atoms with van der Waals surface area (Å²) in [6.45, 7) is 5.93. The van der Waals surface area contributed by atoms with Gasteiger partial charge in [-0.1, -0.05) is 13.8 Å². The highest BCUT2D eigenvalue weighted by atomic mass is 19.1. The molecular formula is C14H28FNO2. The molecule has 0 heterocycles. The van der Waals surface area contributed by atoms with Gasteiger partial charge in [-0.15, -0.1) is 0 Å². The van der Waals surface area contributed by atoms with Crippen LogP contribution >= 0.6 is 0 Å². The summed E-state index contributed by atoms with van der Waals surface area (Å²) in [5.74, 6) is 1.13. The number of aliphatic hydroxyl groups excluding tert-OH is 1. The number of aliphatic hydroxyl groups is 1. The number of nitrogens with zero attached hydrogens (tertiary/aromatic N) is 1. The summed E-state index contributed by atoms with van der Waals surface area (Å²) >= 11 is 0. The molecule has 4 heteroatoms. The fraction of sp³-hybridized carbons (Fsp3) is 1.00. The monoisotopic (exact) mass is 261 g/mol. The van der Waals surface area contributed by atoms with Gasteiger partial charge in [-0.2, -0.15) is 0 Å². The lowest BCUT2D eigenvalue weighted by Gasteiger charge is -2.43. The summed E-state index contributed by atoms with van der Waals surface area (Å²) in [6, 6.07) is 0.291. The van der Waals surface area contributed by atoms with Crippen LogP contribution in [0, 0.1) is 11.8 Å². The first-order valence-electron chi connectivity index (χ1n) is 7.07. The lowest BCUT2D eigenvalue weighted by Crippen LogP contribution is -2.49. The van der Waals surface area contributed by atoms with Gasteiger partial charge in [-0.25, -0.2) is 4.39 Å². The van der Waals surface area contributed by atoms with Gasteiger partial charge in [0.15, 0.2) is 0 Å². The second kappa shape index (κ2) is 8.08. The zero-order valence-electron chi connectivity index (χ0n) is 11.9. The van der Waals surface area contributed by atoms with E-state index in [1.165, 1.54) is 0 Å². The lowest BCUT2D eigenvalue weighted by atomic mass is 9.76. The average Bonchev–Trinajstić information content (AvgIpc) is 2.34. The minimum atomic E-state index is -0.332. The van der Waals surface area contributed by atoms with Gasteiger partial charge in [-0.3, -0.25) is 4.90 Å². The van der Waals surface area contributed by atoms with Crippen LogP contribution in [0.3, 0.4) is 0 Å². The molecule has 0 saturated heterocycles. The molecule has 0 bridgehead atoms. The standard InChI is InChI=1S/C14H28FNO2/c1-11(2)13-5-4-12(17)10-14(13)16(7-6-15)8-9-18-3/h11-14,17H,4-10H2,1-3H3. The van der Waals surface area contributed by atoms with Gasteiger partial charge < -0.3 is 9.84 Å². The van der Waals surface area contributed by atoms with Crippen LogP contribution in [-0.4, -0.2) is 55.6 Å². The fourth-order valence-corrected chi connectivity index (χ4v) is 3.11. The number of methoxy groups -OCH3 is 1. The minimum Gasteiger partial charge on any atom is -0.393 e. The maximum Gasteiger partial charge on any atom is 0.102 e. The van der Waals surface area contributed by atoms with Crippen LogP contribution in [-0.2, 0) is 4.74 Å². The fourth-order valence-electron chi connectivity index (χ4n) is 3.11. The molecule has 1 rings (SSSR count). The Hall–Kier alpha value is -0.190. The number of rotatable bonds is 7. The van der Waals surface area contributed by atoms with Crippen molar-refractivity contribution in [1.82, 2.24) is 4.90 Å². The van der Waals surface area contributed by atoms with E-state index in [-0.39, 0.29) is 12.8 Å². The van der Waals surface area contributed by atoms with Crippen LogP contribution in [0.1, 0.15) is 33.1 Å². The first kappa shape index (κ1) is 15.9. The molecule has 0 aromatic carbocycles. The van der Waals surface area contributed by atoms with E-state index in [9.17, 15) is 9.50 Å². The zero-order chi connectivity index (χ0) is 13.5. The van der Waals surface area contributed by atoms with Crippen molar-refractivity contribution in [2.75, 3.05) is 33.5 Å². The van der Waals surface area contributed by atoms with Gasteiger partial charge in [-0.05, 0) is 31.1 Å². The Balaban J connectivity index is 2.68. The molecule has 3 nitrogen and oxygen atoms in total. The number of hydrogen-bond donors (Lipinski definition) is 1. The van der Waals surface area contributed by atoms with E-state index in [0.717, 1.165) is 25.8 Å². The summed E-state index contributed by atoms with van der Waals surface area (Å²) in [7, 11) is 1.67. The van der Waals surface area contributed by atoms with Crippen LogP contribution < -0.4 is 0 Å². The van der Waals surface area contributed by atoms with Crippen LogP contribution in [0.4, 0.5) is 4.39 Å². The highest BCUT2D eigenvalue weighted by molar-refractivity contribution is 4.88. The molecule has 1 aliphatic carbocycles. The molecule has 1 aliphatic rings. The second-order valence-corrected chi connectivity index (χ2v) is 5.66. The molecular weight excluding hydrogens is 233 g/mol. The molecule has 0 aliphatic heterocycles. The van der Waals surface area contributed by atoms with Crippen LogP contribution in [0.25, 0.3) is 0 Å². The normalized spacial score (nSPS) is 29.2. The van der Waals surface area contributed by atoms with E-state index in [1.807, 2.05) is 0 Å². The van der Waals surface area contributed by atoms with Crippen molar-refractivity contribution in [3.8, 4) is 0 Å². The van der Waals surface area contributed by atoms with Gasteiger partial charge in [0.25, 0.3) is 0 Å². The Morgan fingerprint density at radius 3 is 2.61 bits per heavy atom. The van der Waals surface area contributed by atoms with Gasteiger partial charge in [0, 0.05) is 26.2 Å². The molecule has 3 unspecified atom stereocenters. The third kappa shape index (κ3) is 4.48. The van der Waals surface area contributed by atoms with Crippen molar-refractivity contribution >= 4 is 0 Å². The smallest absolute Gasteiger partial charge is 0.102 e. The van der Waals surface area contributed by atoms with Gasteiger partial charge in [0.1, 0.15) is 6.67 Å². The number of halogens is 1. The topological polar surface area (TPSA) is 32.7 Å². The zero-order valence-corrected chi connectivity index (χ0v) is 11.9. The summed E-state index contributed by atoms with van der Waals surface area (Å²) in [5.41, 5.74) is 0. The maximum absolute atomic E-state index is 12.7. The van der Waals surface area contributed by atoms with E-state index >= 15 is 0 Å². The van der Waals surface area contributed by atoms with E-state index < -0.39 is 0 Å². The largest absolute Gasteiger partial charge is 0.393 e. The lowest BCUT2D eigenvalue weighted by molar-refractivity contribution is 0.000299. The van der Waals surface area contributed by atoms with Crippen LogP contribution in [0.2, 0.25) is 0 Å². The second-order valence-electron chi connectivity index (χ2n) is 5.66. The highest BCUT2D eigenvalue weighted by Crippen LogP contribution is 2.33.